The van der Waals surface area contributed by atoms with Gasteiger partial charge in [-0.15, -0.1) is 0 Å². The molecule has 2 nitrogen and oxygen atoms in total. The first kappa shape index (κ1) is 4.77. The predicted molar refractivity (Wildman–Crippen MR) is 30.6 cm³/mol. The minimum atomic E-state index is -0.0417. The third kappa shape index (κ3) is 0.501. The smallest absolute Gasteiger partial charge is 0.0694 e. The zero-order valence-electron chi connectivity index (χ0n) is 4.80. The van der Waals surface area contributed by atoms with Gasteiger partial charge in [0, 0.05) is 12.1 Å². The summed E-state index contributed by atoms with van der Waals surface area (Å²) in [4.78, 5) is 0. The van der Waals surface area contributed by atoms with Crippen molar-refractivity contribution < 1.29 is 5.11 Å². The quantitative estimate of drug-likeness (QED) is 0.458. The molecule has 3 fully saturated rings. The molecule has 0 aromatic rings. The molecule has 2 saturated heterocycles. The van der Waals surface area contributed by atoms with Crippen molar-refractivity contribution in [3.05, 3.63) is 0 Å². The number of piperidine rings is 1. The molecule has 1 aliphatic carbocycles. The number of aliphatic hydroxyl groups is 1. The molecule has 0 spiro atoms. The van der Waals surface area contributed by atoms with Crippen molar-refractivity contribution in [1.29, 1.82) is 0 Å². The van der Waals surface area contributed by atoms with E-state index in [0.29, 0.717) is 6.04 Å². The zero-order valence-corrected chi connectivity index (χ0v) is 4.80. The molecule has 0 aromatic carbocycles. The first-order valence-corrected chi connectivity index (χ1v) is 3.30. The van der Waals surface area contributed by atoms with Gasteiger partial charge in [0.05, 0.1) is 6.10 Å². The van der Waals surface area contributed by atoms with Crippen LogP contribution in [0.25, 0.3) is 0 Å². The first-order valence-electron chi connectivity index (χ1n) is 3.30. The second-order valence-corrected chi connectivity index (χ2v) is 2.85. The fraction of sp³-hybridized carbons (Fsp3) is 1.00. The molecular formula is C6H11NO. The normalized spacial score (nSPS) is 52.9. The monoisotopic (exact) mass is 113 g/mol. The Balaban J connectivity index is 2.01. The van der Waals surface area contributed by atoms with E-state index in [1.807, 2.05) is 0 Å². The van der Waals surface area contributed by atoms with Gasteiger partial charge in [-0.3, -0.25) is 0 Å². The molecule has 0 amide bonds. The van der Waals surface area contributed by atoms with Gasteiger partial charge in [0.1, 0.15) is 0 Å². The highest BCUT2D eigenvalue weighted by atomic mass is 16.3. The Morgan fingerprint density at radius 2 is 2.12 bits per heavy atom. The lowest BCUT2D eigenvalue weighted by atomic mass is 9.81. The first-order chi connectivity index (χ1) is 3.86. The summed E-state index contributed by atoms with van der Waals surface area (Å²) in [5.41, 5.74) is 0. The van der Waals surface area contributed by atoms with Crippen LogP contribution in [0.3, 0.4) is 0 Å². The number of aliphatic hydroxyl groups excluding tert-OH is 1. The van der Waals surface area contributed by atoms with Crippen LogP contribution in [0, 0.1) is 0 Å². The molecule has 1 saturated carbocycles. The van der Waals surface area contributed by atoms with Gasteiger partial charge >= 0.3 is 0 Å². The number of hydrogen-bond acceptors (Lipinski definition) is 2. The van der Waals surface area contributed by atoms with E-state index < -0.39 is 0 Å². The summed E-state index contributed by atoms with van der Waals surface area (Å²) in [6, 6.07) is 1.21. The second kappa shape index (κ2) is 1.45. The van der Waals surface area contributed by atoms with E-state index in [0.717, 1.165) is 12.5 Å². The second-order valence-electron chi connectivity index (χ2n) is 2.85. The van der Waals surface area contributed by atoms with Crippen molar-refractivity contribution in [1.82, 2.24) is 5.32 Å². The molecule has 2 heteroatoms. The number of rotatable bonds is 0. The maximum absolute atomic E-state index is 9.15. The lowest BCUT2D eigenvalue weighted by Gasteiger charge is -2.45. The van der Waals surface area contributed by atoms with Crippen molar-refractivity contribution >= 4 is 0 Å². The molecular weight excluding hydrogens is 102 g/mol. The lowest BCUT2D eigenvalue weighted by molar-refractivity contribution is 0.0178. The van der Waals surface area contributed by atoms with E-state index in [1.165, 1.54) is 12.8 Å². The highest BCUT2D eigenvalue weighted by Gasteiger charge is 2.38. The number of fused-ring (bicyclic) bond motifs is 2. The Kier molecular flexibility index (Phi) is 0.866. The minimum absolute atomic E-state index is 0.0417. The fourth-order valence-corrected chi connectivity index (χ4v) is 1.63. The topological polar surface area (TPSA) is 32.3 Å². The molecule has 0 aromatic heterocycles. The van der Waals surface area contributed by atoms with E-state index in [-0.39, 0.29) is 6.10 Å². The summed E-state index contributed by atoms with van der Waals surface area (Å²) in [6.07, 6.45) is 3.36. The molecule has 0 radical (unpaired) electrons. The van der Waals surface area contributed by atoms with Gasteiger partial charge in [-0.1, -0.05) is 0 Å². The van der Waals surface area contributed by atoms with Gasteiger partial charge in [0.2, 0.25) is 0 Å². The van der Waals surface area contributed by atoms with Gasteiger partial charge < -0.3 is 10.4 Å². The van der Waals surface area contributed by atoms with Crippen LogP contribution in [0.15, 0.2) is 0 Å². The molecule has 3 aliphatic rings. The van der Waals surface area contributed by atoms with Crippen molar-refractivity contribution in [3.8, 4) is 0 Å². The molecule has 3 rings (SSSR count). The predicted octanol–water partition coefficient (Wildman–Crippen LogP) is -0.128. The SMILES string of the molecule is O[C@@H]1CC[C@@H]2C[C@H]1N2. The summed E-state index contributed by atoms with van der Waals surface area (Å²) in [7, 11) is 0. The average Bonchev–Trinajstić information content (AvgIpc) is 1.62. The summed E-state index contributed by atoms with van der Waals surface area (Å²) in [5.74, 6) is 0. The molecule has 3 atom stereocenters. The maximum atomic E-state index is 9.15. The van der Waals surface area contributed by atoms with E-state index in [2.05, 4.69) is 5.32 Å². The Hall–Kier alpha value is -0.0800. The summed E-state index contributed by atoms with van der Waals surface area (Å²) in [6.45, 7) is 0. The van der Waals surface area contributed by atoms with Crippen LogP contribution in [-0.2, 0) is 0 Å². The number of nitrogens with one attached hydrogen (secondary N) is 1. The van der Waals surface area contributed by atoms with Crippen LogP contribution in [0.4, 0.5) is 0 Å². The van der Waals surface area contributed by atoms with Crippen molar-refractivity contribution in [2.45, 2.75) is 37.5 Å². The van der Waals surface area contributed by atoms with Crippen LogP contribution in [0.5, 0.6) is 0 Å². The van der Waals surface area contributed by atoms with E-state index in [9.17, 15) is 0 Å². The van der Waals surface area contributed by atoms with E-state index >= 15 is 0 Å². The van der Waals surface area contributed by atoms with Crippen LogP contribution in [-0.4, -0.2) is 23.3 Å². The van der Waals surface area contributed by atoms with Gasteiger partial charge in [-0.2, -0.15) is 0 Å². The van der Waals surface area contributed by atoms with E-state index in [1.54, 1.807) is 0 Å². The molecule has 0 unspecified atom stereocenters. The third-order valence-electron chi connectivity index (χ3n) is 2.26. The molecule has 2 heterocycles. The molecule has 8 heavy (non-hydrogen) atoms. The van der Waals surface area contributed by atoms with Gasteiger partial charge in [-0.05, 0) is 19.3 Å². The number of hydrogen-bond donors (Lipinski definition) is 2. The fourth-order valence-electron chi connectivity index (χ4n) is 1.63. The van der Waals surface area contributed by atoms with Crippen molar-refractivity contribution in [2.24, 2.45) is 0 Å². The Morgan fingerprint density at radius 3 is 2.38 bits per heavy atom. The maximum Gasteiger partial charge on any atom is 0.0694 e. The molecule has 2 N–H and O–H groups in total. The van der Waals surface area contributed by atoms with Gasteiger partial charge in [-0.25, -0.2) is 0 Å². The molecule has 46 valence electrons. The highest BCUT2D eigenvalue weighted by molar-refractivity contribution is 4.98. The standard InChI is InChI=1S/C6H11NO/c8-6-2-1-4-3-5(6)7-4/h4-8H,1-3H2/t4-,5-,6-/m1/s1. The third-order valence-corrected chi connectivity index (χ3v) is 2.26. The Morgan fingerprint density at radius 1 is 1.38 bits per heavy atom. The van der Waals surface area contributed by atoms with Crippen LogP contribution >= 0.6 is 0 Å². The van der Waals surface area contributed by atoms with Crippen molar-refractivity contribution in [2.75, 3.05) is 0 Å². The van der Waals surface area contributed by atoms with Gasteiger partial charge in [0.15, 0.2) is 0 Å². The molecule has 2 aliphatic heterocycles. The highest BCUT2D eigenvalue weighted by Crippen LogP contribution is 2.27. The van der Waals surface area contributed by atoms with Crippen LogP contribution < -0.4 is 5.32 Å². The summed E-state index contributed by atoms with van der Waals surface area (Å²) < 4.78 is 0. The van der Waals surface area contributed by atoms with Crippen LogP contribution in [0.2, 0.25) is 0 Å². The summed E-state index contributed by atoms with van der Waals surface area (Å²) in [5, 5.41) is 12.4. The largest absolute Gasteiger partial charge is 0.392 e. The average molecular weight is 113 g/mol. The molecule has 2 bridgehead atoms. The minimum Gasteiger partial charge on any atom is -0.392 e. The van der Waals surface area contributed by atoms with Crippen molar-refractivity contribution in [3.63, 3.8) is 0 Å². The van der Waals surface area contributed by atoms with Gasteiger partial charge in [0.25, 0.3) is 0 Å². The lowest BCUT2D eigenvalue weighted by Crippen LogP contribution is -2.61. The Labute approximate surface area is 48.9 Å². The zero-order chi connectivity index (χ0) is 5.56. The Bertz CT molecular complexity index is 93.2. The van der Waals surface area contributed by atoms with E-state index in [4.69, 9.17) is 5.11 Å². The van der Waals surface area contributed by atoms with Crippen LogP contribution in [0.1, 0.15) is 19.3 Å². The summed E-state index contributed by atoms with van der Waals surface area (Å²) >= 11 is 0.